The highest BCUT2D eigenvalue weighted by Gasteiger charge is 2.10. The van der Waals surface area contributed by atoms with Crippen LogP contribution in [0, 0.1) is 0 Å². The number of fused-ring (bicyclic) bond motifs is 1. The van der Waals surface area contributed by atoms with Crippen molar-refractivity contribution in [3.05, 3.63) is 66.1 Å². The SMILES string of the molecule is CCNC(=NCCc1cn2ccccc2n1)N(C)Cc1ccccc1OC. The van der Waals surface area contributed by atoms with E-state index in [-0.39, 0.29) is 0 Å². The number of nitrogens with zero attached hydrogens (tertiary/aromatic N) is 4. The Kier molecular flexibility index (Phi) is 6.30. The molecule has 0 fully saturated rings. The van der Waals surface area contributed by atoms with E-state index in [2.05, 4.69) is 34.4 Å². The van der Waals surface area contributed by atoms with Gasteiger partial charge in [0.1, 0.15) is 11.4 Å². The van der Waals surface area contributed by atoms with E-state index in [9.17, 15) is 0 Å². The molecule has 0 unspecified atom stereocenters. The van der Waals surface area contributed by atoms with E-state index < -0.39 is 0 Å². The fourth-order valence-electron chi connectivity index (χ4n) is 3.02. The summed E-state index contributed by atoms with van der Waals surface area (Å²) >= 11 is 0. The normalized spacial score (nSPS) is 11.6. The van der Waals surface area contributed by atoms with Crippen LogP contribution in [0.5, 0.6) is 5.75 Å². The molecule has 0 atom stereocenters. The van der Waals surface area contributed by atoms with Crippen LogP contribution >= 0.6 is 0 Å². The third-order valence-corrected chi connectivity index (χ3v) is 4.34. The second-order valence-electron chi connectivity index (χ2n) is 6.35. The summed E-state index contributed by atoms with van der Waals surface area (Å²) in [5, 5.41) is 3.36. The number of hydrogen-bond donors (Lipinski definition) is 1. The number of nitrogens with one attached hydrogen (secondary N) is 1. The van der Waals surface area contributed by atoms with E-state index in [0.717, 1.165) is 48.1 Å². The number of pyridine rings is 1. The molecule has 0 saturated carbocycles. The predicted octanol–water partition coefficient (Wildman–Crippen LogP) is 2.98. The van der Waals surface area contributed by atoms with Gasteiger partial charge in [-0.25, -0.2) is 4.98 Å². The number of methoxy groups -OCH3 is 1. The van der Waals surface area contributed by atoms with Gasteiger partial charge in [0.05, 0.1) is 12.8 Å². The van der Waals surface area contributed by atoms with E-state index in [0.29, 0.717) is 6.54 Å². The minimum atomic E-state index is 0.683. The minimum Gasteiger partial charge on any atom is -0.496 e. The lowest BCUT2D eigenvalue weighted by Gasteiger charge is -2.23. The first-order valence-corrected chi connectivity index (χ1v) is 9.25. The maximum absolute atomic E-state index is 5.46. The van der Waals surface area contributed by atoms with E-state index >= 15 is 0 Å². The molecule has 0 bridgehead atoms. The maximum atomic E-state index is 5.46. The standard InChI is InChI=1S/C21H27N5O/c1-4-22-21(25(2)15-17-9-5-6-10-19(17)27-3)23-13-12-18-16-26-14-8-7-11-20(26)24-18/h5-11,14,16H,4,12-13,15H2,1-3H3,(H,22,23). The average Bonchev–Trinajstić information content (AvgIpc) is 3.10. The summed E-state index contributed by atoms with van der Waals surface area (Å²) in [6.07, 6.45) is 4.88. The van der Waals surface area contributed by atoms with Gasteiger partial charge in [0.2, 0.25) is 0 Å². The zero-order chi connectivity index (χ0) is 19.1. The van der Waals surface area contributed by atoms with Gasteiger partial charge in [-0.2, -0.15) is 0 Å². The lowest BCUT2D eigenvalue weighted by Crippen LogP contribution is -2.38. The van der Waals surface area contributed by atoms with Crippen molar-refractivity contribution in [3.63, 3.8) is 0 Å². The number of rotatable bonds is 7. The maximum Gasteiger partial charge on any atom is 0.193 e. The molecule has 3 rings (SSSR count). The fraction of sp³-hybridized carbons (Fsp3) is 0.333. The Morgan fingerprint density at radius 1 is 1.22 bits per heavy atom. The molecular weight excluding hydrogens is 338 g/mol. The third-order valence-electron chi connectivity index (χ3n) is 4.34. The van der Waals surface area contributed by atoms with E-state index in [4.69, 9.17) is 9.73 Å². The molecule has 0 aliphatic heterocycles. The minimum absolute atomic E-state index is 0.683. The second kappa shape index (κ2) is 9.07. The summed E-state index contributed by atoms with van der Waals surface area (Å²) in [6.45, 7) is 4.31. The van der Waals surface area contributed by atoms with Gasteiger partial charge in [0.25, 0.3) is 0 Å². The first-order valence-electron chi connectivity index (χ1n) is 9.25. The van der Waals surface area contributed by atoms with Crippen LogP contribution in [0.3, 0.4) is 0 Å². The number of hydrogen-bond acceptors (Lipinski definition) is 3. The summed E-state index contributed by atoms with van der Waals surface area (Å²) in [7, 11) is 3.74. The Balaban J connectivity index is 1.66. The van der Waals surface area contributed by atoms with Crippen LogP contribution in [0.4, 0.5) is 0 Å². The summed E-state index contributed by atoms with van der Waals surface area (Å²) in [5.74, 6) is 1.78. The third kappa shape index (κ3) is 4.78. The molecule has 2 heterocycles. The first kappa shape index (κ1) is 18.8. The smallest absolute Gasteiger partial charge is 0.193 e. The van der Waals surface area contributed by atoms with Gasteiger partial charge in [0.15, 0.2) is 5.96 Å². The van der Waals surface area contributed by atoms with Gasteiger partial charge in [-0.05, 0) is 25.1 Å². The van der Waals surface area contributed by atoms with Gasteiger partial charge in [-0.3, -0.25) is 4.99 Å². The quantitative estimate of drug-likeness (QED) is 0.517. The number of benzene rings is 1. The topological polar surface area (TPSA) is 54.2 Å². The van der Waals surface area contributed by atoms with Crippen LogP contribution in [0.2, 0.25) is 0 Å². The molecule has 0 spiro atoms. The Hall–Kier alpha value is -3.02. The Labute approximate surface area is 160 Å². The number of aliphatic imine (C=N–C) groups is 1. The predicted molar refractivity (Wildman–Crippen MR) is 109 cm³/mol. The molecule has 0 aliphatic rings. The van der Waals surface area contributed by atoms with Crippen LogP contribution in [0.1, 0.15) is 18.2 Å². The molecule has 2 aromatic heterocycles. The van der Waals surface area contributed by atoms with Crippen LogP contribution in [0.25, 0.3) is 5.65 Å². The molecule has 0 amide bonds. The summed E-state index contributed by atoms with van der Waals surface area (Å²) in [6, 6.07) is 14.1. The van der Waals surface area contributed by atoms with Crippen molar-refractivity contribution >= 4 is 11.6 Å². The molecule has 1 N–H and O–H groups in total. The van der Waals surface area contributed by atoms with Crippen molar-refractivity contribution in [1.82, 2.24) is 19.6 Å². The Morgan fingerprint density at radius 2 is 2.04 bits per heavy atom. The number of imidazole rings is 1. The van der Waals surface area contributed by atoms with Crippen LogP contribution < -0.4 is 10.1 Å². The van der Waals surface area contributed by atoms with Gasteiger partial charge < -0.3 is 19.4 Å². The Morgan fingerprint density at radius 3 is 2.81 bits per heavy atom. The molecule has 0 saturated heterocycles. The molecule has 6 heteroatoms. The number of guanidine groups is 1. The van der Waals surface area contributed by atoms with Crippen molar-refractivity contribution in [2.75, 3.05) is 27.2 Å². The monoisotopic (exact) mass is 365 g/mol. The molecule has 0 aliphatic carbocycles. The lowest BCUT2D eigenvalue weighted by atomic mass is 10.2. The van der Waals surface area contributed by atoms with Gasteiger partial charge in [-0.15, -0.1) is 0 Å². The highest BCUT2D eigenvalue weighted by Crippen LogP contribution is 2.18. The van der Waals surface area contributed by atoms with Crippen LogP contribution in [-0.2, 0) is 13.0 Å². The van der Waals surface area contributed by atoms with Gasteiger partial charge >= 0.3 is 0 Å². The zero-order valence-electron chi connectivity index (χ0n) is 16.2. The molecule has 142 valence electrons. The molecule has 27 heavy (non-hydrogen) atoms. The van der Waals surface area contributed by atoms with Crippen molar-refractivity contribution in [2.24, 2.45) is 4.99 Å². The summed E-state index contributed by atoms with van der Waals surface area (Å²) < 4.78 is 7.50. The number of aromatic nitrogens is 2. The van der Waals surface area contributed by atoms with Gasteiger partial charge in [-0.1, -0.05) is 24.3 Å². The highest BCUT2D eigenvalue weighted by atomic mass is 16.5. The summed E-state index contributed by atoms with van der Waals surface area (Å²) in [5.41, 5.74) is 3.15. The van der Waals surface area contributed by atoms with E-state index in [1.165, 1.54) is 0 Å². The molecular formula is C21H27N5O. The zero-order valence-corrected chi connectivity index (χ0v) is 16.2. The van der Waals surface area contributed by atoms with Crippen molar-refractivity contribution < 1.29 is 4.74 Å². The largest absolute Gasteiger partial charge is 0.496 e. The molecule has 1 aromatic carbocycles. The van der Waals surface area contributed by atoms with E-state index in [1.807, 2.05) is 54.0 Å². The fourth-order valence-corrected chi connectivity index (χ4v) is 3.02. The van der Waals surface area contributed by atoms with Gasteiger partial charge in [0, 0.05) is 51.1 Å². The Bertz CT molecular complexity index is 869. The number of para-hydroxylation sites is 1. The van der Waals surface area contributed by atoms with Crippen molar-refractivity contribution in [1.29, 1.82) is 0 Å². The van der Waals surface area contributed by atoms with Crippen molar-refractivity contribution in [2.45, 2.75) is 19.9 Å². The molecule has 6 nitrogen and oxygen atoms in total. The number of ether oxygens (including phenoxy) is 1. The molecule has 3 aromatic rings. The van der Waals surface area contributed by atoms with Crippen LogP contribution in [0.15, 0.2) is 59.9 Å². The van der Waals surface area contributed by atoms with Crippen molar-refractivity contribution in [3.8, 4) is 5.75 Å². The second-order valence-corrected chi connectivity index (χ2v) is 6.35. The van der Waals surface area contributed by atoms with Crippen LogP contribution in [-0.4, -0.2) is 47.5 Å². The summed E-state index contributed by atoms with van der Waals surface area (Å²) in [4.78, 5) is 11.5. The lowest BCUT2D eigenvalue weighted by molar-refractivity contribution is 0.396. The average molecular weight is 365 g/mol. The molecule has 0 radical (unpaired) electrons. The highest BCUT2D eigenvalue weighted by molar-refractivity contribution is 5.79. The first-order chi connectivity index (χ1) is 13.2. The van der Waals surface area contributed by atoms with E-state index in [1.54, 1.807) is 7.11 Å².